The van der Waals surface area contributed by atoms with Gasteiger partial charge >= 0.3 is 0 Å². The Morgan fingerprint density at radius 1 is 1.05 bits per heavy atom. The summed E-state index contributed by atoms with van der Waals surface area (Å²) in [5.41, 5.74) is 0.113. The van der Waals surface area contributed by atoms with Crippen molar-refractivity contribution in [3.05, 3.63) is 0 Å². The van der Waals surface area contributed by atoms with Gasteiger partial charge in [-0.05, 0) is 52.4 Å². The van der Waals surface area contributed by atoms with E-state index in [9.17, 15) is 0 Å². The maximum atomic E-state index is 6.70. The fourth-order valence-electron chi connectivity index (χ4n) is 3.94. The lowest BCUT2D eigenvalue weighted by atomic mass is 9.83. The smallest absolute Gasteiger partial charge is 0.0810 e. The highest BCUT2D eigenvalue weighted by molar-refractivity contribution is 4.92. The van der Waals surface area contributed by atoms with Crippen molar-refractivity contribution in [3.8, 4) is 0 Å². The van der Waals surface area contributed by atoms with Gasteiger partial charge in [-0.3, -0.25) is 0 Å². The predicted octanol–water partition coefficient (Wildman–Crippen LogP) is 3.41. The molecule has 2 atom stereocenters. The van der Waals surface area contributed by atoms with Gasteiger partial charge in [0.2, 0.25) is 0 Å². The molecule has 1 heterocycles. The zero-order valence-electron chi connectivity index (χ0n) is 13.2. The summed E-state index contributed by atoms with van der Waals surface area (Å²) < 4.78 is 12.5. The molecule has 0 aromatic rings. The lowest BCUT2D eigenvalue weighted by Crippen LogP contribution is -2.49. The number of hydrogen-bond acceptors (Lipinski definition) is 3. The van der Waals surface area contributed by atoms with Crippen molar-refractivity contribution >= 4 is 0 Å². The minimum atomic E-state index is 0.113. The van der Waals surface area contributed by atoms with Gasteiger partial charge in [0.25, 0.3) is 0 Å². The van der Waals surface area contributed by atoms with E-state index in [1.807, 2.05) is 0 Å². The molecule has 0 radical (unpaired) electrons. The van der Waals surface area contributed by atoms with E-state index in [0.717, 1.165) is 25.4 Å². The molecule has 3 heteroatoms. The Hall–Kier alpha value is -0.120. The monoisotopic (exact) mass is 281 g/mol. The molecule has 1 aliphatic heterocycles. The first-order valence-electron chi connectivity index (χ1n) is 8.72. The predicted molar refractivity (Wildman–Crippen MR) is 81.0 cm³/mol. The highest BCUT2D eigenvalue weighted by atomic mass is 16.5. The van der Waals surface area contributed by atoms with Gasteiger partial charge in [-0.1, -0.05) is 19.3 Å². The van der Waals surface area contributed by atoms with E-state index in [1.54, 1.807) is 0 Å². The van der Waals surface area contributed by atoms with Crippen LogP contribution in [-0.4, -0.2) is 36.5 Å². The minimum absolute atomic E-state index is 0.113. The standard InChI is InChI=1S/C17H31NO2/c1-13-10-16(11-14(2)19-13)20-17(8-4-3-5-9-17)12-18-15-6-7-15/h13-16,18H,3-12H2,1-2H3. The van der Waals surface area contributed by atoms with Crippen LogP contribution in [0, 0.1) is 0 Å². The van der Waals surface area contributed by atoms with E-state index in [4.69, 9.17) is 9.47 Å². The molecule has 3 fully saturated rings. The summed E-state index contributed by atoms with van der Waals surface area (Å²) in [7, 11) is 0. The topological polar surface area (TPSA) is 30.5 Å². The van der Waals surface area contributed by atoms with Crippen molar-refractivity contribution in [3.63, 3.8) is 0 Å². The highest BCUT2D eigenvalue weighted by Crippen LogP contribution is 2.36. The molecule has 3 nitrogen and oxygen atoms in total. The lowest BCUT2D eigenvalue weighted by Gasteiger charge is -2.43. The summed E-state index contributed by atoms with van der Waals surface area (Å²) in [6, 6.07) is 0.782. The van der Waals surface area contributed by atoms with Gasteiger partial charge in [-0.15, -0.1) is 0 Å². The Bertz CT molecular complexity index is 300. The van der Waals surface area contributed by atoms with Gasteiger partial charge in [0, 0.05) is 12.6 Å². The van der Waals surface area contributed by atoms with Crippen LogP contribution in [0.3, 0.4) is 0 Å². The van der Waals surface area contributed by atoms with Crippen LogP contribution in [0.4, 0.5) is 0 Å². The SMILES string of the molecule is CC1CC(OC2(CNC3CC3)CCCCC2)CC(C)O1. The van der Waals surface area contributed by atoms with Gasteiger partial charge < -0.3 is 14.8 Å². The quantitative estimate of drug-likeness (QED) is 0.837. The largest absolute Gasteiger partial charge is 0.375 e. The molecule has 2 unspecified atom stereocenters. The summed E-state index contributed by atoms with van der Waals surface area (Å²) >= 11 is 0. The molecule has 1 N–H and O–H groups in total. The molecule has 0 bridgehead atoms. The van der Waals surface area contributed by atoms with Crippen molar-refractivity contribution < 1.29 is 9.47 Å². The van der Waals surface area contributed by atoms with E-state index in [2.05, 4.69) is 19.2 Å². The lowest BCUT2D eigenvalue weighted by molar-refractivity contribution is -0.166. The van der Waals surface area contributed by atoms with E-state index in [1.165, 1.54) is 44.9 Å². The van der Waals surface area contributed by atoms with Crippen molar-refractivity contribution in [2.45, 2.75) is 102 Å². The summed E-state index contributed by atoms with van der Waals surface area (Å²) in [6.45, 7) is 5.43. The Labute approximate surface area is 123 Å². The zero-order chi connectivity index (χ0) is 14.0. The first-order valence-corrected chi connectivity index (χ1v) is 8.72. The fourth-order valence-corrected chi connectivity index (χ4v) is 3.94. The first kappa shape index (κ1) is 14.8. The second-order valence-electron chi connectivity index (χ2n) is 7.37. The molecule has 116 valence electrons. The van der Waals surface area contributed by atoms with Crippen LogP contribution in [0.2, 0.25) is 0 Å². The Kier molecular flexibility index (Phi) is 4.68. The molecular formula is C17H31NO2. The second-order valence-corrected chi connectivity index (χ2v) is 7.37. The van der Waals surface area contributed by atoms with E-state index in [0.29, 0.717) is 18.3 Å². The van der Waals surface area contributed by atoms with Crippen LogP contribution >= 0.6 is 0 Å². The molecular weight excluding hydrogens is 250 g/mol. The van der Waals surface area contributed by atoms with Crippen LogP contribution in [0.1, 0.15) is 71.6 Å². The van der Waals surface area contributed by atoms with Gasteiger partial charge in [-0.25, -0.2) is 0 Å². The molecule has 1 saturated heterocycles. The third-order valence-corrected chi connectivity index (χ3v) is 5.13. The molecule has 0 spiro atoms. The Morgan fingerprint density at radius 3 is 2.30 bits per heavy atom. The number of nitrogens with one attached hydrogen (secondary N) is 1. The summed E-state index contributed by atoms with van der Waals surface area (Å²) in [5, 5.41) is 3.72. The van der Waals surface area contributed by atoms with Gasteiger partial charge in [0.05, 0.1) is 23.9 Å². The van der Waals surface area contributed by atoms with Crippen LogP contribution in [0.25, 0.3) is 0 Å². The molecule has 2 aliphatic carbocycles. The van der Waals surface area contributed by atoms with Crippen LogP contribution in [0.15, 0.2) is 0 Å². The summed E-state index contributed by atoms with van der Waals surface area (Å²) in [5.74, 6) is 0. The number of ether oxygens (including phenoxy) is 2. The molecule has 0 aromatic heterocycles. The molecule has 3 rings (SSSR count). The molecule has 20 heavy (non-hydrogen) atoms. The van der Waals surface area contributed by atoms with Crippen LogP contribution in [0.5, 0.6) is 0 Å². The van der Waals surface area contributed by atoms with Crippen molar-refractivity contribution in [1.82, 2.24) is 5.32 Å². The molecule has 3 aliphatic rings. The average molecular weight is 281 g/mol. The summed E-state index contributed by atoms with van der Waals surface area (Å²) in [6.07, 6.45) is 12.5. The normalized spacial score (nSPS) is 37.8. The van der Waals surface area contributed by atoms with E-state index in [-0.39, 0.29) is 5.60 Å². The van der Waals surface area contributed by atoms with E-state index >= 15 is 0 Å². The van der Waals surface area contributed by atoms with Crippen molar-refractivity contribution in [2.24, 2.45) is 0 Å². The summed E-state index contributed by atoms with van der Waals surface area (Å²) in [4.78, 5) is 0. The van der Waals surface area contributed by atoms with Gasteiger partial charge in [0.1, 0.15) is 0 Å². The Morgan fingerprint density at radius 2 is 1.70 bits per heavy atom. The van der Waals surface area contributed by atoms with Crippen LogP contribution < -0.4 is 5.32 Å². The van der Waals surface area contributed by atoms with E-state index < -0.39 is 0 Å². The van der Waals surface area contributed by atoms with Crippen molar-refractivity contribution in [1.29, 1.82) is 0 Å². The molecule has 2 saturated carbocycles. The zero-order valence-corrected chi connectivity index (χ0v) is 13.2. The molecule has 0 aromatic carbocycles. The third kappa shape index (κ3) is 3.96. The average Bonchev–Trinajstić information content (AvgIpc) is 3.20. The second kappa shape index (κ2) is 6.33. The minimum Gasteiger partial charge on any atom is -0.375 e. The fraction of sp³-hybridized carbons (Fsp3) is 1.00. The Balaban J connectivity index is 1.59. The van der Waals surface area contributed by atoms with Gasteiger partial charge in [-0.2, -0.15) is 0 Å². The number of rotatable bonds is 5. The maximum absolute atomic E-state index is 6.70. The van der Waals surface area contributed by atoms with Crippen molar-refractivity contribution in [2.75, 3.05) is 6.54 Å². The number of hydrogen-bond donors (Lipinski definition) is 1. The third-order valence-electron chi connectivity index (χ3n) is 5.13. The molecule has 0 amide bonds. The van der Waals surface area contributed by atoms with Gasteiger partial charge in [0.15, 0.2) is 0 Å². The first-order chi connectivity index (χ1) is 9.65. The highest BCUT2D eigenvalue weighted by Gasteiger charge is 2.38. The maximum Gasteiger partial charge on any atom is 0.0810 e. The van der Waals surface area contributed by atoms with Crippen LogP contribution in [-0.2, 0) is 9.47 Å².